The molecule has 3 N–H and O–H groups in total. The van der Waals surface area contributed by atoms with Crippen molar-refractivity contribution < 1.29 is 24.3 Å². The molecule has 40 heavy (non-hydrogen) atoms. The van der Waals surface area contributed by atoms with E-state index in [0.29, 0.717) is 44.5 Å². The molecular formula is C27H26N6O5S2. The number of imide groups is 1. The summed E-state index contributed by atoms with van der Waals surface area (Å²) in [6.07, 6.45) is 6.78. The largest absolute Gasteiger partial charge is 0.478 e. The molecule has 3 aromatic heterocycles. The number of anilines is 1. The van der Waals surface area contributed by atoms with Crippen molar-refractivity contribution in [2.24, 2.45) is 5.92 Å². The van der Waals surface area contributed by atoms with Crippen molar-refractivity contribution >= 4 is 58.0 Å². The van der Waals surface area contributed by atoms with E-state index in [1.807, 2.05) is 0 Å². The molecule has 0 radical (unpaired) electrons. The van der Waals surface area contributed by atoms with Crippen molar-refractivity contribution in [3.8, 4) is 10.6 Å². The lowest BCUT2D eigenvalue weighted by atomic mass is 9.97. The van der Waals surface area contributed by atoms with Gasteiger partial charge < -0.3 is 15.3 Å². The fourth-order valence-electron chi connectivity index (χ4n) is 4.53. The highest BCUT2D eigenvalue weighted by Crippen LogP contribution is 2.30. The van der Waals surface area contributed by atoms with E-state index in [2.05, 4.69) is 30.5 Å². The van der Waals surface area contributed by atoms with Gasteiger partial charge in [-0.1, -0.05) is 0 Å². The smallest absolute Gasteiger partial charge is 0.337 e. The molecule has 0 unspecified atom stereocenters. The lowest BCUT2D eigenvalue weighted by Crippen LogP contribution is -2.38. The number of rotatable bonds is 9. The number of pyridine rings is 1. The zero-order valence-corrected chi connectivity index (χ0v) is 23.2. The number of ketones is 1. The minimum atomic E-state index is -1.06. The van der Waals surface area contributed by atoms with Gasteiger partial charge in [0.25, 0.3) is 11.1 Å². The van der Waals surface area contributed by atoms with Gasteiger partial charge in [0.15, 0.2) is 5.78 Å². The number of carboxylic acids is 1. The van der Waals surface area contributed by atoms with E-state index in [1.54, 1.807) is 42.7 Å². The van der Waals surface area contributed by atoms with E-state index < -0.39 is 11.9 Å². The van der Waals surface area contributed by atoms with Crippen LogP contribution in [0, 0.1) is 5.92 Å². The molecule has 3 aromatic rings. The molecule has 2 saturated heterocycles. The number of piperidine rings is 1. The Hall–Kier alpha value is -3.94. The number of thiophene rings is 1. The molecule has 5 rings (SSSR count). The highest BCUT2D eigenvalue weighted by atomic mass is 32.2. The summed E-state index contributed by atoms with van der Waals surface area (Å²) >= 11 is 2.10. The van der Waals surface area contributed by atoms with E-state index in [1.165, 1.54) is 18.3 Å². The van der Waals surface area contributed by atoms with Gasteiger partial charge in [-0.15, -0.1) is 11.3 Å². The predicted octanol–water partition coefficient (Wildman–Crippen LogP) is 3.83. The van der Waals surface area contributed by atoms with Crippen LogP contribution in [0.4, 0.5) is 10.7 Å². The van der Waals surface area contributed by atoms with Crippen LogP contribution < -0.4 is 15.5 Å². The topological polar surface area (TPSA) is 154 Å². The van der Waals surface area contributed by atoms with Crippen LogP contribution in [-0.4, -0.2) is 62.6 Å². The summed E-state index contributed by atoms with van der Waals surface area (Å²) in [6.45, 7) is 4.31. The molecule has 11 nitrogen and oxygen atoms in total. The first-order valence-corrected chi connectivity index (χ1v) is 14.3. The number of carbonyl (C=O) groups is 4. The molecule has 2 aliphatic rings. The van der Waals surface area contributed by atoms with Crippen molar-refractivity contribution in [2.75, 3.05) is 24.5 Å². The standard InChI is InChI=1S/C27H26N6O5S2/c1-15(34)20-2-3-21(39-20)23-19(25(36)37)10-17(14-30-23)13-28-12-16-5-8-33(9-6-16)26-29-7-4-18(31-26)11-22-24(35)32-27(38)40-22/h2-4,7,10-11,14,16,28H,5-6,8-9,12-13H2,1H3,(H,36,37)(H,32,35,38)/b22-11+. The quantitative estimate of drug-likeness (QED) is 0.251. The van der Waals surface area contributed by atoms with Crippen molar-refractivity contribution in [2.45, 2.75) is 26.3 Å². The third kappa shape index (κ3) is 6.43. The fourth-order valence-corrected chi connectivity index (χ4v) is 6.11. The van der Waals surface area contributed by atoms with E-state index in [9.17, 15) is 24.3 Å². The van der Waals surface area contributed by atoms with Crippen LogP contribution in [0.2, 0.25) is 0 Å². The number of carboxylic acid groups (broad SMARTS) is 1. The summed E-state index contributed by atoms with van der Waals surface area (Å²) < 4.78 is 0. The summed E-state index contributed by atoms with van der Waals surface area (Å²) in [5.41, 5.74) is 1.82. The van der Waals surface area contributed by atoms with Crippen LogP contribution in [0.5, 0.6) is 0 Å². The average molecular weight is 579 g/mol. The summed E-state index contributed by atoms with van der Waals surface area (Å²) in [4.78, 5) is 63.7. The second kappa shape index (κ2) is 12.1. The van der Waals surface area contributed by atoms with Crippen molar-refractivity contribution in [3.05, 3.63) is 63.3 Å². The Morgan fingerprint density at radius 3 is 2.67 bits per heavy atom. The molecule has 2 aliphatic heterocycles. The van der Waals surface area contributed by atoms with Crippen molar-refractivity contribution in [1.29, 1.82) is 0 Å². The summed E-state index contributed by atoms with van der Waals surface area (Å²) in [5.74, 6) is -0.514. The third-order valence-electron chi connectivity index (χ3n) is 6.61. The average Bonchev–Trinajstić information content (AvgIpc) is 3.55. The van der Waals surface area contributed by atoms with E-state index in [-0.39, 0.29) is 16.6 Å². The maximum atomic E-state index is 11.9. The maximum absolute atomic E-state index is 11.9. The fraction of sp³-hybridized carbons (Fsp3) is 0.296. The Kier molecular flexibility index (Phi) is 8.33. The van der Waals surface area contributed by atoms with Gasteiger partial charge >= 0.3 is 5.97 Å². The lowest BCUT2D eigenvalue weighted by molar-refractivity contribution is -0.115. The highest BCUT2D eigenvalue weighted by Gasteiger charge is 2.26. The number of Topliss-reactive ketones (excluding diaryl/α,β-unsaturated/α-hetero) is 1. The zero-order chi connectivity index (χ0) is 28.2. The zero-order valence-electron chi connectivity index (χ0n) is 21.5. The summed E-state index contributed by atoms with van der Waals surface area (Å²) in [5, 5.41) is 15.0. The van der Waals surface area contributed by atoms with E-state index in [0.717, 1.165) is 49.8 Å². The second-order valence-corrected chi connectivity index (χ2v) is 11.6. The SMILES string of the molecule is CC(=O)c1ccc(-c2ncc(CNCC3CCN(c4nccc(/C=C5/SC(=O)NC5=O)n4)CC3)cc2C(=O)O)s1. The number of amides is 2. The van der Waals surface area contributed by atoms with Crippen LogP contribution in [-0.2, 0) is 11.3 Å². The Labute approximate surface area is 238 Å². The number of hydrogen-bond donors (Lipinski definition) is 3. The number of carbonyl (C=O) groups excluding carboxylic acids is 3. The van der Waals surface area contributed by atoms with Gasteiger partial charge in [-0.25, -0.2) is 14.8 Å². The van der Waals surface area contributed by atoms with Crippen LogP contribution in [0.25, 0.3) is 16.6 Å². The molecule has 0 atom stereocenters. The first-order valence-electron chi connectivity index (χ1n) is 12.6. The molecule has 0 spiro atoms. The Morgan fingerprint density at radius 2 is 2.00 bits per heavy atom. The Balaban J connectivity index is 1.14. The number of thioether (sulfide) groups is 1. The van der Waals surface area contributed by atoms with Gasteiger partial charge in [0, 0.05) is 32.0 Å². The van der Waals surface area contributed by atoms with Gasteiger partial charge in [-0.3, -0.25) is 24.7 Å². The molecule has 206 valence electrons. The van der Waals surface area contributed by atoms with Crippen LogP contribution in [0.1, 0.15) is 51.1 Å². The number of nitrogens with one attached hydrogen (secondary N) is 2. The van der Waals surface area contributed by atoms with Gasteiger partial charge in [0.1, 0.15) is 0 Å². The molecule has 5 heterocycles. The lowest BCUT2D eigenvalue weighted by Gasteiger charge is -2.32. The number of hydrogen-bond acceptors (Lipinski definition) is 11. The molecule has 0 aromatic carbocycles. The van der Waals surface area contributed by atoms with Gasteiger partial charge in [0.2, 0.25) is 5.95 Å². The summed E-state index contributed by atoms with van der Waals surface area (Å²) in [6, 6.07) is 6.76. The van der Waals surface area contributed by atoms with Gasteiger partial charge in [0.05, 0.1) is 31.6 Å². The van der Waals surface area contributed by atoms with Gasteiger partial charge in [-0.05, 0) is 79.9 Å². The molecule has 0 aliphatic carbocycles. The minimum Gasteiger partial charge on any atom is -0.478 e. The first-order chi connectivity index (χ1) is 19.3. The normalized spacial score (nSPS) is 16.9. The number of aromatic carboxylic acids is 1. The Morgan fingerprint density at radius 1 is 1.20 bits per heavy atom. The highest BCUT2D eigenvalue weighted by molar-refractivity contribution is 8.18. The van der Waals surface area contributed by atoms with Crippen LogP contribution in [0.15, 0.2) is 41.6 Å². The molecule has 13 heteroatoms. The predicted molar refractivity (Wildman–Crippen MR) is 152 cm³/mol. The van der Waals surface area contributed by atoms with E-state index in [4.69, 9.17) is 0 Å². The molecule has 2 fully saturated rings. The van der Waals surface area contributed by atoms with Gasteiger partial charge in [-0.2, -0.15) is 0 Å². The molecular weight excluding hydrogens is 552 g/mol. The molecule has 2 amide bonds. The third-order valence-corrected chi connectivity index (χ3v) is 8.61. The van der Waals surface area contributed by atoms with E-state index >= 15 is 0 Å². The second-order valence-electron chi connectivity index (χ2n) is 9.46. The molecule has 0 saturated carbocycles. The number of nitrogens with zero attached hydrogens (tertiary/aromatic N) is 4. The minimum absolute atomic E-state index is 0.0638. The molecule has 0 bridgehead atoms. The Bertz CT molecular complexity index is 1510. The monoisotopic (exact) mass is 578 g/mol. The number of aromatic nitrogens is 3. The van der Waals surface area contributed by atoms with Crippen molar-refractivity contribution in [1.82, 2.24) is 25.6 Å². The summed E-state index contributed by atoms with van der Waals surface area (Å²) in [7, 11) is 0. The van der Waals surface area contributed by atoms with Crippen LogP contribution in [0.3, 0.4) is 0 Å². The van der Waals surface area contributed by atoms with Crippen molar-refractivity contribution in [3.63, 3.8) is 0 Å². The first kappa shape index (κ1) is 27.6. The van der Waals surface area contributed by atoms with Crippen LogP contribution >= 0.6 is 23.1 Å². The maximum Gasteiger partial charge on any atom is 0.337 e.